The van der Waals surface area contributed by atoms with Gasteiger partial charge in [0.25, 0.3) is 0 Å². The molecule has 1 saturated carbocycles. The summed E-state index contributed by atoms with van der Waals surface area (Å²) in [6, 6.07) is 35.8. The molecule has 1 aliphatic rings. The lowest BCUT2D eigenvalue weighted by atomic mass is 9.61. The Labute approximate surface area is 252 Å². The van der Waals surface area contributed by atoms with Crippen LogP contribution < -0.4 is 5.43 Å². The molecule has 7 nitrogen and oxygen atoms in total. The van der Waals surface area contributed by atoms with Crippen molar-refractivity contribution in [3.63, 3.8) is 0 Å². The molecule has 0 aliphatic heterocycles. The van der Waals surface area contributed by atoms with Crippen molar-refractivity contribution in [2.75, 3.05) is 5.43 Å². The first-order valence-electron chi connectivity index (χ1n) is 14.4. The molecule has 1 aliphatic carbocycles. The van der Waals surface area contributed by atoms with Crippen LogP contribution in [0.2, 0.25) is 0 Å². The van der Waals surface area contributed by atoms with Crippen molar-refractivity contribution in [2.24, 2.45) is 16.9 Å². The Kier molecular flexibility index (Phi) is 9.32. The van der Waals surface area contributed by atoms with Crippen molar-refractivity contribution in [1.82, 2.24) is 0 Å². The molecule has 0 aromatic heterocycles. The van der Waals surface area contributed by atoms with Crippen molar-refractivity contribution in [3.05, 3.63) is 138 Å². The number of nitrogens with zero attached hydrogens (tertiary/aromatic N) is 1. The lowest BCUT2D eigenvalue weighted by molar-refractivity contribution is -0.165. The number of benzene rings is 4. The van der Waals surface area contributed by atoms with Crippen molar-refractivity contribution >= 4 is 23.3 Å². The molecular formula is C36H36N2O5. The standard InChI is InChI=1S/C36H36N2O5/c1-25-18-20-28(21-19-25)31-32(34(39)42-23-26-12-6-3-7-13-26)30(38-37-29-16-10-5-11-17-29)22-36(2,41)33(31)35(40)43-24-27-14-8-4-9-15-27/h3-21,31-33,37,41H,22-24H2,1-2H3/b38-30-/t31-,32-,33-,36-/m1/s1. The molecule has 2 N–H and O–H groups in total. The summed E-state index contributed by atoms with van der Waals surface area (Å²) in [6.45, 7) is 3.68. The Morgan fingerprint density at radius 2 is 1.30 bits per heavy atom. The van der Waals surface area contributed by atoms with E-state index in [2.05, 4.69) is 10.5 Å². The van der Waals surface area contributed by atoms with E-state index in [9.17, 15) is 14.7 Å². The van der Waals surface area contributed by atoms with E-state index in [1.807, 2.05) is 122 Å². The minimum Gasteiger partial charge on any atom is -0.461 e. The van der Waals surface area contributed by atoms with Gasteiger partial charge in [-0.25, -0.2) is 0 Å². The molecule has 7 heteroatoms. The number of hydrazone groups is 1. The monoisotopic (exact) mass is 576 g/mol. The van der Waals surface area contributed by atoms with Crippen LogP contribution in [0, 0.1) is 18.8 Å². The second kappa shape index (κ2) is 13.5. The molecule has 5 rings (SSSR count). The average Bonchev–Trinajstić information content (AvgIpc) is 3.02. The lowest BCUT2D eigenvalue weighted by Gasteiger charge is -2.45. The van der Waals surface area contributed by atoms with Gasteiger partial charge in [0.05, 0.1) is 22.9 Å². The highest BCUT2D eigenvalue weighted by atomic mass is 16.5. The van der Waals surface area contributed by atoms with Crippen LogP contribution in [-0.4, -0.2) is 28.4 Å². The Morgan fingerprint density at radius 1 is 0.791 bits per heavy atom. The predicted octanol–water partition coefficient (Wildman–Crippen LogP) is 6.42. The first kappa shape index (κ1) is 29.7. The summed E-state index contributed by atoms with van der Waals surface area (Å²) in [4.78, 5) is 27.9. The van der Waals surface area contributed by atoms with Crippen molar-refractivity contribution in [2.45, 2.75) is 45.0 Å². The molecule has 4 aromatic rings. The van der Waals surface area contributed by atoms with E-state index in [1.54, 1.807) is 6.92 Å². The maximum Gasteiger partial charge on any atom is 0.315 e. The van der Waals surface area contributed by atoms with Crippen LogP contribution in [0.4, 0.5) is 5.69 Å². The van der Waals surface area contributed by atoms with Gasteiger partial charge in [-0.15, -0.1) is 0 Å². The minimum atomic E-state index is -1.57. The van der Waals surface area contributed by atoms with E-state index >= 15 is 0 Å². The first-order valence-corrected chi connectivity index (χ1v) is 14.4. The Morgan fingerprint density at radius 3 is 1.86 bits per heavy atom. The Bertz CT molecular complexity index is 1540. The molecule has 0 radical (unpaired) electrons. The van der Waals surface area contributed by atoms with E-state index in [-0.39, 0.29) is 19.6 Å². The summed E-state index contributed by atoms with van der Waals surface area (Å²) < 4.78 is 11.7. The Hall–Kier alpha value is -4.75. The molecule has 0 unspecified atom stereocenters. The number of rotatable bonds is 9. The van der Waals surface area contributed by atoms with Crippen LogP contribution in [0.1, 0.15) is 41.5 Å². The number of esters is 2. The average molecular weight is 577 g/mol. The maximum atomic E-state index is 14.0. The number of hydrogen-bond donors (Lipinski definition) is 2. The van der Waals surface area contributed by atoms with E-state index in [0.29, 0.717) is 11.3 Å². The van der Waals surface area contributed by atoms with E-state index in [4.69, 9.17) is 9.47 Å². The Balaban J connectivity index is 1.54. The third-order valence-electron chi connectivity index (χ3n) is 7.81. The van der Waals surface area contributed by atoms with Crippen LogP contribution in [0.3, 0.4) is 0 Å². The molecule has 1 fully saturated rings. The van der Waals surface area contributed by atoms with E-state index in [1.165, 1.54) is 0 Å². The molecule has 0 bridgehead atoms. The molecule has 43 heavy (non-hydrogen) atoms. The number of ether oxygens (including phenoxy) is 2. The van der Waals surface area contributed by atoms with E-state index < -0.39 is 35.3 Å². The van der Waals surface area contributed by atoms with Gasteiger partial charge in [-0.1, -0.05) is 109 Å². The minimum absolute atomic E-state index is 0.0363. The van der Waals surface area contributed by atoms with Crippen molar-refractivity contribution < 1.29 is 24.2 Å². The highest BCUT2D eigenvalue weighted by Crippen LogP contribution is 2.47. The van der Waals surface area contributed by atoms with Crippen LogP contribution in [0.25, 0.3) is 0 Å². The number of aliphatic hydroxyl groups is 1. The molecule has 4 atom stereocenters. The number of para-hydroxylation sites is 1. The molecule has 0 amide bonds. The van der Waals surface area contributed by atoms with Crippen molar-refractivity contribution in [1.29, 1.82) is 0 Å². The first-order chi connectivity index (χ1) is 20.8. The highest BCUT2D eigenvalue weighted by Gasteiger charge is 2.56. The molecule has 4 aromatic carbocycles. The normalized spacial score (nSPS) is 22.5. The second-order valence-electron chi connectivity index (χ2n) is 11.2. The quantitative estimate of drug-likeness (QED) is 0.176. The third kappa shape index (κ3) is 7.37. The summed E-state index contributed by atoms with van der Waals surface area (Å²) in [5, 5.41) is 16.5. The van der Waals surface area contributed by atoms with Gasteiger partial charge in [0, 0.05) is 12.3 Å². The summed E-state index contributed by atoms with van der Waals surface area (Å²) in [5.41, 5.74) is 5.98. The lowest BCUT2D eigenvalue weighted by Crippen LogP contribution is -2.55. The zero-order valence-electron chi connectivity index (χ0n) is 24.4. The van der Waals surface area contributed by atoms with Crippen LogP contribution >= 0.6 is 0 Å². The van der Waals surface area contributed by atoms with Crippen molar-refractivity contribution in [3.8, 4) is 0 Å². The van der Waals surface area contributed by atoms with Gasteiger partial charge >= 0.3 is 11.9 Å². The summed E-state index contributed by atoms with van der Waals surface area (Å²) in [6.07, 6.45) is -0.0363. The molecule has 0 spiro atoms. The van der Waals surface area contributed by atoms with Crippen LogP contribution in [0.15, 0.2) is 120 Å². The molecule has 0 saturated heterocycles. The number of carbonyl (C=O) groups is 2. The number of nitrogens with one attached hydrogen (secondary N) is 1. The van der Waals surface area contributed by atoms with Gasteiger partial charge in [0.1, 0.15) is 19.1 Å². The fourth-order valence-corrected chi connectivity index (χ4v) is 5.62. The predicted molar refractivity (Wildman–Crippen MR) is 166 cm³/mol. The second-order valence-corrected chi connectivity index (χ2v) is 11.2. The van der Waals surface area contributed by atoms with Gasteiger partial charge < -0.3 is 14.6 Å². The summed E-state index contributed by atoms with van der Waals surface area (Å²) in [5.74, 6) is -3.94. The highest BCUT2D eigenvalue weighted by molar-refractivity contribution is 6.06. The van der Waals surface area contributed by atoms with Crippen LogP contribution in [0.5, 0.6) is 0 Å². The zero-order chi connectivity index (χ0) is 30.2. The summed E-state index contributed by atoms with van der Waals surface area (Å²) in [7, 11) is 0. The number of aryl methyl sites for hydroxylation is 1. The largest absolute Gasteiger partial charge is 0.461 e. The number of carbonyl (C=O) groups excluding carboxylic acids is 2. The summed E-state index contributed by atoms with van der Waals surface area (Å²) >= 11 is 0. The number of anilines is 1. The van der Waals surface area contributed by atoms with Gasteiger partial charge in [-0.3, -0.25) is 15.0 Å². The molecular weight excluding hydrogens is 540 g/mol. The van der Waals surface area contributed by atoms with Gasteiger partial charge in [-0.2, -0.15) is 5.10 Å². The maximum absolute atomic E-state index is 14.0. The van der Waals surface area contributed by atoms with Gasteiger partial charge in [0.2, 0.25) is 0 Å². The zero-order valence-corrected chi connectivity index (χ0v) is 24.4. The van der Waals surface area contributed by atoms with Crippen LogP contribution in [-0.2, 0) is 32.3 Å². The number of hydrogen-bond acceptors (Lipinski definition) is 7. The van der Waals surface area contributed by atoms with E-state index in [0.717, 1.165) is 22.4 Å². The topological polar surface area (TPSA) is 97.2 Å². The third-order valence-corrected chi connectivity index (χ3v) is 7.81. The SMILES string of the molecule is Cc1ccc([C@@H]2[C@H](C(=O)OCc3ccccc3)/C(=N\Nc3ccccc3)C[C@@](C)(O)[C@H]2C(=O)OCc2ccccc2)cc1. The fourth-order valence-electron chi connectivity index (χ4n) is 5.62. The van der Waals surface area contributed by atoms with Gasteiger partial charge in [-0.05, 0) is 42.7 Å². The molecule has 220 valence electrons. The molecule has 0 heterocycles. The van der Waals surface area contributed by atoms with Gasteiger partial charge in [0.15, 0.2) is 0 Å². The smallest absolute Gasteiger partial charge is 0.315 e. The fraction of sp³-hybridized carbons (Fsp3) is 0.250.